The SMILES string of the molecule is Cc1ccc(CN)c(Sc2cccc(Br)c2)n1. The van der Waals surface area contributed by atoms with Gasteiger partial charge in [-0.25, -0.2) is 4.98 Å². The molecule has 1 aromatic heterocycles. The first kappa shape index (κ1) is 12.6. The van der Waals surface area contributed by atoms with Crippen LogP contribution in [0.1, 0.15) is 11.3 Å². The van der Waals surface area contributed by atoms with Crippen LogP contribution < -0.4 is 5.73 Å². The summed E-state index contributed by atoms with van der Waals surface area (Å²) in [4.78, 5) is 5.70. The van der Waals surface area contributed by atoms with E-state index in [1.165, 1.54) is 0 Å². The molecule has 1 aromatic carbocycles. The monoisotopic (exact) mass is 308 g/mol. The van der Waals surface area contributed by atoms with Crippen LogP contribution in [0.3, 0.4) is 0 Å². The predicted octanol–water partition coefficient (Wildman–Crippen LogP) is 3.76. The van der Waals surface area contributed by atoms with Crippen molar-refractivity contribution >= 4 is 27.7 Å². The Morgan fingerprint density at radius 1 is 1.29 bits per heavy atom. The normalized spacial score (nSPS) is 10.5. The van der Waals surface area contributed by atoms with Crippen LogP contribution in [0.4, 0.5) is 0 Å². The van der Waals surface area contributed by atoms with Crippen LogP contribution in [0.15, 0.2) is 50.8 Å². The minimum atomic E-state index is 0.517. The molecule has 17 heavy (non-hydrogen) atoms. The van der Waals surface area contributed by atoms with E-state index in [4.69, 9.17) is 5.73 Å². The average molecular weight is 309 g/mol. The van der Waals surface area contributed by atoms with Crippen LogP contribution in [-0.4, -0.2) is 4.98 Å². The summed E-state index contributed by atoms with van der Waals surface area (Å²) in [7, 11) is 0. The summed E-state index contributed by atoms with van der Waals surface area (Å²) in [6.07, 6.45) is 0. The van der Waals surface area contributed by atoms with Crippen molar-refractivity contribution in [2.75, 3.05) is 0 Å². The van der Waals surface area contributed by atoms with E-state index in [2.05, 4.69) is 33.0 Å². The summed E-state index contributed by atoms with van der Waals surface area (Å²) in [5.41, 5.74) is 7.82. The van der Waals surface area contributed by atoms with Gasteiger partial charge in [0.05, 0.1) is 0 Å². The number of halogens is 1. The quantitative estimate of drug-likeness (QED) is 0.938. The van der Waals surface area contributed by atoms with Gasteiger partial charge in [-0.05, 0) is 36.8 Å². The molecule has 0 amide bonds. The highest BCUT2D eigenvalue weighted by atomic mass is 79.9. The molecule has 2 rings (SSSR count). The Morgan fingerprint density at radius 3 is 2.82 bits per heavy atom. The molecule has 1 heterocycles. The molecule has 0 unspecified atom stereocenters. The molecule has 0 radical (unpaired) electrons. The first-order valence-electron chi connectivity index (χ1n) is 5.29. The van der Waals surface area contributed by atoms with E-state index in [1.54, 1.807) is 11.8 Å². The third-order valence-electron chi connectivity index (χ3n) is 2.31. The Morgan fingerprint density at radius 2 is 2.12 bits per heavy atom. The summed E-state index contributed by atoms with van der Waals surface area (Å²) in [5, 5.41) is 0.991. The molecule has 0 fully saturated rings. The molecule has 0 bridgehead atoms. The third-order valence-corrected chi connectivity index (χ3v) is 3.84. The minimum Gasteiger partial charge on any atom is -0.326 e. The summed E-state index contributed by atoms with van der Waals surface area (Å²) in [5.74, 6) is 0. The summed E-state index contributed by atoms with van der Waals surface area (Å²) >= 11 is 5.11. The van der Waals surface area contributed by atoms with Gasteiger partial charge in [0.2, 0.25) is 0 Å². The number of aryl methyl sites for hydroxylation is 1. The van der Waals surface area contributed by atoms with Gasteiger partial charge in [-0.15, -0.1) is 0 Å². The number of rotatable bonds is 3. The summed E-state index contributed by atoms with van der Waals surface area (Å²) in [6.45, 7) is 2.51. The highest BCUT2D eigenvalue weighted by Gasteiger charge is 2.05. The van der Waals surface area contributed by atoms with Crippen molar-refractivity contribution in [1.29, 1.82) is 0 Å². The molecule has 88 valence electrons. The lowest BCUT2D eigenvalue weighted by Crippen LogP contribution is -2.00. The van der Waals surface area contributed by atoms with E-state index in [1.807, 2.05) is 31.2 Å². The van der Waals surface area contributed by atoms with Crippen LogP contribution in [0.5, 0.6) is 0 Å². The fraction of sp³-hybridized carbons (Fsp3) is 0.154. The van der Waals surface area contributed by atoms with Crippen LogP contribution >= 0.6 is 27.7 Å². The van der Waals surface area contributed by atoms with Gasteiger partial charge in [-0.2, -0.15) is 0 Å². The van der Waals surface area contributed by atoms with E-state index >= 15 is 0 Å². The molecule has 0 aliphatic heterocycles. The van der Waals surface area contributed by atoms with E-state index in [9.17, 15) is 0 Å². The minimum absolute atomic E-state index is 0.517. The molecular formula is C13H13BrN2S. The molecule has 0 spiro atoms. The molecule has 0 aliphatic rings. The zero-order chi connectivity index (χ0) is 12.3. The second-order valence-corrected chi connectivity index (χ2v) is 5.66. The second kappa shape index (κ2) is 5.67. The van der Waals surface area contributed by atoms with Crippen LogP contribution in [0.2, 0.25) is 0 Å². The predicted molar refractivity (Wildman–Crippen MR) is 75.1 cm³/mol. The van der Waals surface area contributed by atoms with E-state index in [-0.39, 0.29) is 0 Å². The molecule has 4 heteroatoms. The van der Waals surface area contributed by atoms with Gasteiger partial charge in [-0.3, -0.25) is 0 Å². The van der Waals surface area contributed by atoms with E-state index < -0.39 is 0 Å². The number of nitrogens with two attached hydrogens (primary N) is 1. The Kier molecular flexibility index (Phi) is 4.20. The highest BCUT2D eigenvalue weighted by molar-refractivity contribution is 9.10. The molecule has 0 aliphatic carbocycles. The zero-order valence-electron chi connectivity index (χ0n) is 9.48. The Balaban J connectivity index is 2.32. The maximum absolute atomic E-state index is 5.72. The molecule has 2 aromatic rings. The lowest BCUT2D eigenvalue weighted by Gasteiger charge is -2.07. The van der Waals surface area contributed by atoms with Crippen LogP contribution in [0.25, 0.3) is 0 Å². The van der Waals surface area contributed by atoms with E-state index in [0.29, 0.717) is 6.54 Å². The van der Waals surface area contributed by atoms with Crippen molar-refractivity contribution in [1.82, 2.24) is 4.98 Å². The van der Waals surface area contributed by atoms with Gasteiger partial charge >= 0.3 is 0 Å². The Labute approximate surface area is 114 Å². The lowest BCUT2D eigenvalue weighted by atomic mass is 10.2. The van der Waals surface area contributed by atoms with Gasteiger partial charge in [-0.1, -0.05) is 39.8 Å². The Hall–Kier alpha value is -0.840. The van der Waals surface area contributed by atoms with Crippen molar-refractivity contribution in [3.05, 3.63) is 52.1 Å². The molecule has 0 saturated carbocycles. The number of benzene rings is 1. The average Bonchev–Trinajstić information content (AvgIpc) is 2.29. The van der Waals surface area contributed by atoms with Crippen molar-refractivity contribution in [2.45, 2.75) is 23.4 Å². The number of aromatic nitrogens is 1. The van der Waals surface area contributed by atoms with Crippen molar-refractivity contribution in [3.63, 3.8) is 0 Å². The van der Waals surface area contributed by atoms with Crippen LogP contribution in [0, 0.1) is 6.92 Å². The van der Waals surface area contributed by atoms with Gasteiger partial charge in [0, 0.05) is 21.6 Å². The molecule has 0 atom stereocenters. The number of hydrogen-bond donors (Lipinski definition) is 1. The maximum atomic E-state index is 5.72. The topological polar surface area (TPSA) is 38.9 Å². The smallest absolute Gasteiger partial charge is 0.106 e. The first-order chi connectivity index (χ1) is 8.19. The van der Waals surface area contributed by atoms with Crippen molar-refractivity contribution < 1.29 is 0 Å². The van der Waals surface area contributed by atoms with Crippen molar-refractivity contribution in [3.8, 4) is 0 Å². The van der Waals surface area contributed by atoms with Gasteiger partial charge < -0.3 is 5.73 Å². The Bertz CT molecular complexity index is 529. The number of nitrogens with zero attached hydrogens (tertiary/aromatic N) is 1. The maximum Gasteiger partial charge on any atom is 0.106 e. The fourth-order valence-electron chi connectivity index (χ4n) is 1.45. The van der Waals surface area contributed by atoms with Crippen LogP contribution in [-0.2, 0) is 6.54 Å². The van der Waals surface area contributed by atoms with Gasteiger partial charge in [0.15, 0.2) is 0 Å². The van der Waals surface area contributed by atoms with Crippen molar-refractivity contribution in [2.24, 2.45) is 5.73 Å². The zero-order valence-corrected chi connectivity index (χ0v) is 11.9. The summed E-state index contributed by atoms with van der Waals surface area (Å²) in [6, 6.07) is 12.2. The first-order valence-corrected chi connectivity index (χ1v) is 6.90. The lowest BCUT2D eigenvalue weighted by molar-refractivity contribution is 0.941. The molecular weight excluding hydrogens is 296 g/mol. The standard InChI is InChI=1S/C13H13BrN2S/c1-9-5-6-10(8-15)13(16-9)17-12-4-2-3-11(14)7-12/h2-7H,8,15H2,1H3. The largest absolute Gasteiger partial charge is 0.326 e. The number of hydrogen-bond acceptors (Lipinski definition) is 3. The van der Waals surface area contributed by atoms with E-state index in [0.717, 1.165) is 25.7 Å². The second-order valence-electron chi connectivity index (χ2n) is 3.68. The molecule has 0 saturated heterocycles. The third kappa shape index (κ3) is 3.31. The van der Waals surface area contributed by atoms with Gasteiger partial charge in [0.1, 0.15) is 5.03 Å². The number of pyridine rings is 1. The highest BCUT2D eigenvalue weighted by Crippen LogP contribution is 2.30. The molecule has 2 N–H and O–H groups in total. The fourth-order valence-corrected chi connectivity index (χ4v) is 3.03. The van der Waals surface area contributed by atoms with Gasteiger partial charge in [0.25, 0.3) is 0 Å². The molecule has 2 nitrogen and oxygen atoms in total. The summed E-state index contributed by atoms with van der Waals surface area (Å²) < 4.78 is 1.07.